The lowest BCUT2D eigenvalue weighted by Gasteiger charge is -2.59. The zero-order chi connectivity index (χ0) is 26.7. The number of nitrogens with one attached hydrogen (secondary N) is 1. The fraction of sp³-hybridized carbons (Fsp3) is 0.774. The minimum absolute atomic E-state index is 0.00459. The van der Waals surface area contributed by atoms with Gasteiger partial charge in [0.1, 0.15) is 11.6 Å². The molecule has 4 fully saturated rings. The molecule has 0 aliphatic heterocycles. The molecule has 0 spiro atoms. The van der Waals surface area contributed by atoms with Gasteiger partial charge in [0.2, 0.25) is 5.91 Å². The molecule has 4 aliphatic carbocycles. The highest BCUT2D eigenvalue weighted by molar-refractivity contribution is 7.16. The van der Waals surface area contributed by atoms with Crippen molar-refractivity contribution in [3.63, 3.8) is 0 Å². The summed E-state index contributed by atoms with van der Waals surface area (Å²) in [5.74, 6) is 3.38. The third kappa shape index (κ3) is 4.75. The van der Waals surface area contributed by atoms with E-state index in [9.17, 15) is 14.4 Å². The number of carbonyl (C=O) groups excluding carboxylic acids is 3. The Balaban J connectivity index is 1.28. The molecule has 1 amide bonds. The number of fused-ring (bicyclic) bond motifs is 5. The van der Waals surface area contributed by atoms with Crippen molar-refractivity contribution in [2.45, 2.75) is 98.4 Å². The van der Waals surface area contributed by atoms with E-state index in [2.05, 4.69) is 39.9 Å². The average Bonchev–Trinajstić information content (AvgIpc) is 3.41. The Morgan fingerprint density at radius 1 is 1.05 bits per heavy atom. The molecule has 0 radical (unpaired) electrons. The van der Waals surface area contributed by atoms with E-state index in [4.69, 9.17) is 11.6 Å². The summed E-state index contributed by atoms with van der Waals surface area (Å²) in [6, 6.07) is 3.93. The van der Waals surface area contributed by atoms with Crippen molar-refractivity contribution in [3.05, 3.63) is 21.3 Å². The molecule has 5 rings (SSSR count). The second-order valence-electron chi connectivity index (χ2n) is 13.7. The maximum absolute atomic E-state index is 13.4. The number of ketones is 2. The van der Waals surface area contributed by atoms with Gasteiger partial charge in [-0.1, -0.05) is 46.2 Å². The fourth-order valence-electron chi connectivity index (χ4n) is 9.54. The van der Waals surface area contributed by atoms with Crippen LogP contribution in [-0.2, 0) is 14.4 Å². The summed E-state index contributed by atoms with van der Waals surface area (Å²) >= 11 is 7.72. The molecule has 1 heterocycles. The molecule has 0 bridgehead atoms. The van der Waals surface area contributed by atoms with Crippen LogP contribution in [0, 0.1) is 52.3 Å². The summed E-state index contributed by atoms with van der Waals surface area (Å²) in [5.41, 5.74) is 0.183. The van der Waals surface area contributed by atoms with Gasteiger partial charge in [0.15, 0.2) is 0 Å². The number of Topliss-reactive ketones (excluding diaryl/α,β-unsaturated/α-hetero) is 2. The molecule has 1 aromatic rings. The molecule has 204 valence electrons. The molecule has 9 atom stereocenters. The molecule has 4 nitrogen and oxygen atoms in total. The number of rotatable bonds is 6. The highest BCUT2D eigenvalue weighted by Gasteiger charge is 2.62. The van der Waals surface area contributed by atoms with Gasteiger partial charge < -0.3 is 5.32 Å². The van der Waals surface area contributed by atoms with E-state index >= 15 is 0 Å². The number of carbonyl (C=O) groups is 3. The quantitative estimate of drug-likeness (QED) is 0.399. The first kappa shape index (κ1) is 27.4. The van der Waals surface area contributed by atoms with Crippen LogP contribution in [0.15, 0.2) is 12.1 Å². The van der Waals surface area contributed by atoms with Gasteiger partial charge >= 0.3 is 0 Å². The first-order valence-electron chi connectivity index (χ1n) is 14.5. The van der Waals surface area contributed by atoms with Crippen molar-refractivity contribution < 1.29 is 14.4 Å². The molecule has 4 saturated carbocycles. The molecule has 1 aromatic heterocycles. The largest absolute Gasteiger partial charge is 0.348 e. The Labute approximate surface area is 231 Å². The molecule has 1 N–H and O–H groups in total. The van der Waals surface area contributed by atoms with Crippen molar-refractivity contribution >= 4 is 40.4 Å². The fourth-order valence-corrected chi connectivity index (χ4v) is 10.8. The van der Waals surface area contributed by atoms with Crippen molar-refractivity contribution in [1.82, 2.24) is 5.32 Å². The third-order valence-electron chi connectivity index (χ3n) is 11.4. The zero-order valence-electron chi connectivity index (χ0n) is 23.1. The molecule has 0 aromatic carbocycles. The van der Waals surface area contributed by atoms with Crippen LogP contribution in [0.1, 0.15) is 103 Å². The molecule has 0 unspecified atom stereocenters. The monoisotopic (exact) mass is 545 g/mol. The third-order valence-corrected chi connectivity index (χ3v) is 12.7. The molecule has 6 heteroatoms. The molecular weight excluding hydrogens is 502 g/mol. The standard InChI is InChI=1S/C31H44ClNO3S/c1-17(2)29(26-8-9-27(32)37-26)33-28(36)14-18(3)21-6-7-22-20-16-25(35)24-15-19(34)10-12-31(24,5)23(20)11-13-30(21,22)4/h8-9,17-18,20-24,29H,6-7,10-16H2,1-5H3,(H,33,36)/t18-,20+,21-,22+,23+,24+,29-,30-,31-/m1/s1. The predicted octanol–water partition coefficient (Wildman–Crippen LogP) is 7.65. The Hall–Kier alpha value is -1.20. The second kappa shape index (κ2) is 10.1. The minimum atomic E-state index is -0.0497. The van der Waals surface area contributed by atoms with Crippen LogP contribution in [-0.4, -0.2) is 17.5 Å². The van der Waals surface area contributed by atoms with Gasteiger partial charge in [-0.2, -0.15) is 0 Å². The van der Waals surface area contributed by atoms with Gasteiger partial charge in [0.25, 0.3) is 0 Å². The van der Waals surface area contributed by atoms with Crippen LogP contribution in [0.2, 0.25) is 4.34 Å². The van der Waals surface area contributed by atoms with Crippen LogP contribution >= 0.6 is 22.9 Å². The molecule has 37 heavy (non-hydrogen) atoms. The first-order valence-corrected chi connectivity index (χ1v) is 15.7. The van der Waals surface area contributed by atoms with Crippen molar-refractivity contribution in [2.24, 2.45) is 52.3 Å². The van der Waals surface area contributed by atoms with E-state index in [0.29, 0.717) is 67.0 Å². The number of thiophene rings is 1. The van der Waals surface area contributed by atoms with Crippen LogP contribution < -0.4 is 5.32 Å². The smallest absolute Gasteiger partial charge is 0.220 e. The number of hydrogen-bond acceptors (Lipinski definition) is 4. The zero-order valence-corrected chi connectivity index (χ0v) is 24.7. The average molecular weight is 546 g/mol. The summed E-state index contributed by atoms with van der Waals surface area (Å²) in [6.07, 6.45) is 7.89. The van der Waals surface area contributed by atoms with Crippen molar-refractivity contribution in [2.75, 3.05) is 0 Å². The van der Waals surface area contributed by atoms with Crippen molar-refractivity contribution in [3.8, 4) is 0 Å². The van der Waals surface area contributed by atoms with Crippen LogP contribution in [0.3, 0.4) is 0 Å². The number of hydrogen-bond donors (Lipinski definition) is 1. The molecular formula is C31H44ClNO3S. The Morgan fingerprint density at radius 3 is 2.46 bits per heavy atom. The topological polar surface area (TPSA) is 63.2 Å². The van der Waals surface area contributed by atoms with Crippen LogP contribution in [0.4, 0.5) is 0 Å². The summed E-state index contributed by atoms with van der Waals surface area (Å²) in [7, 11) is 0. The minimum Gasteiger partial charge on any atom is -0.348 e. The van der Waals surface area contributed by atoms with Crippen molar-refractivity contribution in [1.29, 1.82) is 0 Å². The van der Waals surface area contributed by atoms with Gasteiger partial charge in [0, 0.05) is 36.5 Å². The summed E-state index contributed by atoms with van der Waals surface area (Å²) in [4.78, 5) is 39.9. The maximum Gasteiger partial charge on any atom is 0.220 e. The molecule has 0 saturated heterocycles. The lowest BCUT2D eigenvalue weighted by Crippen LogP contribution is -2.56. The lowest BCUT2D eigenvalue weighted by atomic mass is 9.44. The maximum atomic E-state index is 13.4. The van der Waals surface area contributed by atoms with Gasteiger partial charge in [-0.25, -0.2) is 0 Å². The highest BCUT2D eigenvalue weighted by Crippen LogP contribution is 2.67. The van der Waals surface area contributed by atoms with E-state index in [1.165, 1.54) is 12.8 Å². The Morgan fingerprint density at radius 2 is 1.78 bits per heavy atom. The SMILES string of the molecule is CC(C)[C@@H](NC(=O)C[C@@H](C)[C@H]1CC[C@H]2[C@@H]3CC(=O)[C@@H]4CC(=O)CC[C@]4(C)[C@H]3CC[C@]12C)c1ccc(Cl)s1. The summed E-state index contributed by atoms with van der Waals surface area (Å²) in [6.45, 7) is 11.3. The van der Waals surface area contributed by atoms with Gasteiger partial charge in [-0.05, 0) is 90.6 Å². The normalized spacial score (nSPS) is 39.1. The Kier molecular flexibility index (Phi) is 7.46. The van der Waals surface area contributed by atoms with Gasteiger partial charge in [-0.3, -0.25) is 14.4 Å². The van der Waals surface area contributed by atoms with Crippen LogP contribution in [0.5, 0.6) is 0 Å². The van der Waals surface area contributed by atoms with E-state index in [-0.39, 0.29) is 34.5 Å². The van der Waals surface area contributed by atoms with E-state index in [0.717, 1.165) is 28.5 Å². The highest BCUT2D eigenvalue weighted by atomic mass is 35.5. The summed E-state index contributed by atoms with van der Waals surface area (Å²) < 4.78 is 0.755. The summed E-state index contributed by atoms with van der Waals surface area (Å²) in [5, 5.41) is 3.32. The van der Waals surface area contributed by atoms with Gasteiger partial charge in [0.05, 0.1) is 10.4 Å². The predicted molar refractivity (Wildman–Crippen MR) is 149 cm³/mol. The Bertz CT molecular complexity index is 1070. The second-order valence-corrected chi connectivity index (χ2v) is 15.4. The van der Waals surface area contributed by atoms with E-state index in [1.807, 2.05) is 12.1 Å². The number of halogens is 1. The van der Waals surface area contributed by atoms with Gasteiger partial charge in [-0.15, -0.1) is 11.3 Å². The first-order chi connectivity index (χ1) is 17.4. The van der Waals surface area contributed by atoms with E-state index in [1.54, 1.807) is 11.3 Å². The number of amides is 1. The van der Waals surface area contributed by atoms with Crippen LogP contribution in [0.25, 0.3) is 0 Å². The lowest BCUT2D eigenvalue weighted by molar-refractivity contribution is -0.159. The molecule has 4 aliphatic rings. The van der Waals surface area contributed by atoms with E-state index < -0.39 is 0 Å².